The number of halogens is 2. The fourth-order valence-electron chi connectivity index (χ4n) is 5.68. The summed E-state index contributed by atoms with van der Waals surface area (Å²) >= 11 is 12.8. The van der Waals surface area contributed by atoms with Crippen LogP contribution in [0, 0.1) is 12.8 Å². The summed E-state index contributed by atoms with van der Waals surface area (Å²) in [7, 11) is 1.59. The molecule has 6 rings (SSSR count). The minimum absolute atomic E-state index is 0.259. The van der Waals surface area contributed by atoms with Crippen molar-refractivity contribution >= 4 is 40.8 Å². The first kappa shape index (κ1) is 26.5. The summed E-state index contributed by atoms with van der Waals surface area (Å²) in [6, 6.07) is 26.7. The summed E-state index contributed by atoms with van der Waals surface area (Å²) in [6.07, 6.45) is 7.57. The number of allylic oxidation sites excluding steroid dienone is 2. The van der Waals surface area contributed by atoms with E-state index in [2.05, 4.69) is 66.9 Å². The summed E-state index contributed by atoms with van der Waals surface area (Å²) in [4.78, 5) is 4.70. The lowest BCUT2D eigenvalue weighted by molar-refractivity contribution is 0.285. The Morgan fingerprint density at radius 3 is 2.60 bits per heavy atom. The molecule has 6 heteroatoms. The predicted octanol–water partition coefficient (Wildman–Crippen LogP) is 9.47. The molecule has 0 spiro atoms. The van der Waals surface area contributed by atoms with E-state index in [9.17, 15) is 0 Å². The third kappa shape index (κ3) is 5.34. The monoisotopic (exact) mass is 568 g/mol. The van der Waals surface area contributed by atoms with E-state index in [0.717, 1.165) is 23.2 Å². The van der Waals surface area contributed by atoms with Crippen molar-refractivity contribution in [2.75, 3.05) is 12.4 Å². The highest BCUT2D eigenvalue weighted by molar-refractivity contribution is 6.32. The molecule has 3 atom stereocenters. The molecule has 4 aromatic carbocycles. The van der Waals surface area contributed by atoms with Crippen molar-refractivity contribution in [1.82, 2.24) is 0 Å². The van der Waals surface area contributed by atoms with Crippen LogP contribution in [-0.2, 0) is 6.61 Å². The van der Waals surface area contributed by atoms with Gasteiger partial charge in [-0.05, 0) is 72.4 Å². The van der Waals surface area contributed by atoms with Gasteiger partial charge in [0.05, 0.1) is 23.9 Å². The number of ether oxygens (including phenoxy) is 2. The van der Waals surface area contributed by atoms with Crippen molar-refractivity contribution in [2.24, 2.45) is 10.9 Å². The van der Waals surface area contributed by atoms with Gasteiger partial charge in [-0.15, -0.1) is 0 Å². The Kier molecular flexibility index (Phi) is 7.55. The Balaban J connectivity index is 1.17. The van der Waals surface area contributed by atoms with Crippen LogP contribution in [0.2, 0.25) is 10.0 Å². The minimum Gasteiger partial charge on any atom is -0.493 e. The quantitative estimate of drug-likeness (QED) is 0.178. The summed E-state index contributed by atoms with van der Waals surface area (Å²) < 4.78 is 11.5. The fraction of sp³-hybridized carbons (Fsp3) is 0.206. The normalized spacial score (nSPS) is 19.2. The molecule has 0 radical (unpaired) electrons. The molecule has 0 bridgehead atoms. The SMILES string of the molecule is COc1cc(C=Nc2ccc([C@@H]3Nc4ccc(C)cc4[C@H]4C=CC[C@H]43)cc2)cc(Cl)c1OCc1ccccc1Cl. The van der Waals surface area contributed by atoms with Gasteiger partial charge in [-0.2, -0.15) is 0 Å². The van der Waals surface area contributed by atoms with E-state index in [0.29, 0.717) is 33.4 Å². The first-order valence-corrected chi connectivity index (χ1v) is 14.2. The van der Waals surface area contributed by atoms with E-state index in [1.807, 2.05) is 36.4 Å². The van der Waals surface area contributed by atoms with Crippen molar-refractivity contribution in [3.05, 3.63) is 129 Å². The van der Waals surface area contributed by atoms with Crippen molar-refractivity contribution in [3.8, 4) is 11.5 Å². The van der Waals surface area contributed by atoms with Gasteiger partial charge in [-0.25, -0.2) is 0 Å². The van der Waals surface area contributed by atoms with E-state index in [1.54, 1.807) is 13.3 Å². The van der Waals surface area contributed by atoms with Crippen LogP contribution in [0.15, 0.2) is 96.0 Å². The number of methoxy groups -OCH3 is 1. The number of benzene rings is 4. The maximum absolute atomic E-state index is 6.58. The average Bonchev–Trinajstić information content (AvgIpc) is 3.47. The molecule has 40 heavy (non-hydrogen) atoms. The zero-order valence-electron chi connectivity index (χ0n) is 22.4. The Hall–Kier alpha value is -3.73. The number of rotatable bonds is 7. The molecule has 0 unspecified atom stereocenters. The van der Waals surface area contributed by atoms with E-state index < -0.39 is 0 Å². The van der Waals surface area contributed by atoms with E-state index in [-0.39, 0.29) is 12.6 Å². The van der Waals surface area contributed by atoms with Gasteiger partial charge < -0.3 is 14.8 Å². The fourth-order valence-corrected chi connectivity index (χ4v) is 6.14. The van der Waals surface area contributed by atoms with Crippen LogP contribution in [0.5, 0.6) is 11.5 Å². The van der Waals surface area contributed by atoms with Crippen molar-refractivity contribution in [1.29, 1.82) is 0 Å². The van der Waals surface area contributed by atoms with Gasteiger partial charge in [-0.3, -0.25) is 4.99 Å². The lowest BCUT2D eigenvalue weighted by Gasteiger charge is -2.37. The third-order valence-electron chi connectivity index (χ3n) is 7.71. The van der Waals surface area contributed by atoms with Crippen LogP contribution in [0.3, 0.4) is 0 Å². The molecule has 0 saturated carbocycles. The molecule has 1 heterocycles. The predicted molar refractivity (Wildman–Crippen MR) is 165 cm³/mol. The van der Waals surface area contributed by atoms with E-state index in [4.69, 9.17) is 37.7 Å². The zero-order chi connectivity index (χ0) is 27.6. The van der Waals surface area contributed by atoms with Gasteiger partial charge in [0.15, 0.2) is 11.5 Å². The Morgan fingerprint density at radius 2 is 1.80 bits per heavy atom. The molecular formula is C34H30Cl2N2O2. The van der Waals surface area contributed by atoms with Crippen LogP contribution in [0.1, 0.15) is 46.2 Å². The molecule has 0 fully saturated rings. The summed E-state index contributed by atoms with van der Waals surface area (Å²) in [5.41, 5.74) is 7.77. The van der Waals surface area contributed by atoms with Gasteiger partial charge >= 0.3 is 0 Å². The number of anilines is 1. The number of aliphatic imine (C=N–C) groups is 1. The zero-order valence-corrected chi connectivity index (χ0v) is 23.9. The summed E-state index contributed by atoms with van der Waals surface area (Å²) in [6.45, 7) is 2.45. The van der Waals surface area contributed by atoms with Gasteiger partial charge in [0.1, 0.15) is 6.61 Å². The largest absolute Gasteiger partial charge is 0.493 e. The number of nitrogens with zero attached hydrogens (tertiary/aromatic N) is 1. The first-order valence-electron chi connectivity index (χ1n) is 13.4. The molecule has 1 N–H and O–H groups in total. The maximum Gasteiger partial charge on any atom is 0.180 e. The second-order valence-corrected chi connectivity index (χ2v) is 11.1. The minimum atomic E-state index is 0.259. The molecule has 0 saturated heterocycles. The first-order chi connectivity index (χ1) is 19.5. The molecule has 0 aromatic heterocycles. The molecular weight excluding hydrogens is 539 g/mol. The lowest BCUT2D eigenvalue weighted by atomic mass is 9.76. The molecule has 4 aromatic rings. The molecule has 4 nitrogen and oxygen atoms in total. The second kappa shape index (κ2) is 11.4. The Morgan fingerprint density at radius 1 is 0.975 bits per heavy atom. The van der Waals surface area contributed by atoms with Crippen LogP contribution in [0.4, 0.5) is 11.4 Å². The average molecular weight is 570 g/mol. The number of hydrogen-bond acceptors (Lipinski definition) is 4. The third-order valence-corrected chi connectivity index (χ3v) is 8.36. The summed E-state index contributed by atoms with van der Waals surface area (Å²) in [5.74, 6) is 1.98. The van der Waals surface area contributed by atoms with Crippen molar-refractivity contribution in [3.63, 3.8) is 0 Å². The summed E-state index contributed by atoms with van der Waals surface area (Å²) in [5, 5.41) is 4.90. The molecule has 1 aliphatic carbocycles. The lowest BCUT2D eigenvalue weighted by Crippen LogP contribution is -2.29. The highest BCUT2D eigenvalue weighted by Gasteiger charge is 2.37. The maximum atomic E-state index is 6.58. The molecule has 1 aliphatic heterocycles. The van der Waals surface area contributed by atoms with Crippen LogP contribution in [0.25, 0.3) is 0 Å². The Labute approximate surface area is 245 Å². The number of aryl methyl sites for hydroxylation is 1. The smallest absolute Gasteiger partial charge is 0.180 e. The van der Waals surface area contributed by atoms with E-state index in [1.165, 1.54) is 22.4 Å². The standard InChI is InChI=1S/C34H30Cl2N2O2/c1-21-10-15-31-28(16-21)26-7-5-8-27(26)33(38-31)23-11-13-25(14-12-23)37-19-22-17-30(36)34(32(18-22)39-2)40-20-24-6-3-4-9-29(24)35/h3-7,9-19,26-27,33,38H,8,20H2,1-2H3/t26-,27+,33-/m0/s1. The van der Waals surface area contributed by atoms with Crippen LogP contribution >= 0.6 is 23.2 Å². The molecule has 0 amide bonds. The highest BCUT2D eigenvalue weighted by atomic mass is 35.5. The number of hydrogen-bond donors (Lipinski definition) is 1. The van der Waals surface area contributed by atoms with Gasteiger partial charge in [-0.1, -0.05) is 83.4 Å². The molecule has 202 valence electrons. The van der Waals surface area contributed by atoms with Crippen molar-refractivity contribution < 1.29 is 9.47 Å². The number of nitrogens with one attached hydrogen (secondary N) is 1. The van der Waals surface area contributed by atoms with Gasteiger partial charge in [0.25, 0.3) is 0 Å². The Bertz CT molecular complexity index is 1600. The van der Waals surface area contributed by atoms with Gasteiger partial charge in [0.2, 0.25) is 0 Å². The van der Waals surface area contributed by atoms with Crippen molar-refractivity contribution in [2.45, 2.75) is 31.9 Å². The number of fused-ring (bicyclic) bond motifs is 3. The van der Waals surface area contributed by atoms with E-state index >= 15 is 0 Å². The second-order valence-electron chi connectivity index (χ2n) is 10.3. The molecule has 2 aliphatic rings. The topological polar surface area (TPSA) is 42.8 Å². The highest BCUT2D eigenvalue weighted by Crippen LogP contribution is 2.50. The van der Waals surface area contributed by atoms with Gasteiger partial charge in [0, 0.05) is 28.4 Å². The van der Waals surface area contributed by atoms with Crippen LogP contribution in [-0.4, -0.2) is 13.3 Å². The van der Waals surface area contributed by atoms with Crippen LogP contribution < -0.4 is 14.8 Å².